The molecular formula is C49H43FN12O2. The molecule has 2 aliphatic rings. The van der Waals surface area contributed by atoms with Crippen LogP contribution >= 0.6 is 0 Å². The third kappa shape index (κ3) is 8.00. The average molecular weight is 851 g/mol. The van der Waals surface area contributed by atoms with Crippen molar-refractivity contribution in [1.29, 1.82) is 0 Å². The molecule has 2 unspecified atom stereocenters. The zero-order valence-corrected chi connectivity index (χ0v) is 35.1. The maximum atomic E-state index is 13.9. The number of imidazole rings is 2. The van der Waals surface area contributed by atoms with E-state index in [1.807, 2.05) is 58.2 Å². The number of hydrogen-bond donors (Lipinski definition) is 1. The second kappa shape index (κ2) is 18.1. The first-order valence-electron chi connectivity index (χ1n) is 21.4. The zero-order chi connectivity index (χ0) is 43.4. The summed E-state index contributed by atoms with van der Waals surface area (Å²) in [5.41, 5.74) is 10.2. The van der Waals surface area contributed by atoms with E-state index in [4.69, 9.17) is 30.8 Å². The Balaban J connectivity index is 0.000000184. The average Bonchev–Trinajstić information content (AvgIpc) is 3.99. The van der Waals surface area contributed by atoms with Gasteiger partial charge in [-0.05, 0) is 110 Å². The number of benzene rings is 2. The van der Waals surface area contributed by atoms with Gasteiger partial charge < -0.3 is 14.8 Å². The molecule has 2 aromatic carbocycles. The second-order valence-corrected chi connectivity index (χ2v) is 15.7. The number of nitrogens with zero attached hydrogens (tertiary/aromatic N) is 11. The Morgan fingerprint density at radius 1 is 0.688 bits per heavy atom. The normalized spacial score (nSPS) is 16.3. The summed E-state index contributed by atoms with van der Waals surface area (Å²) < 4.78 is 29.7. The molecule has 2 fully saturated rings. The van der Waals surface area contributed by atoms with E-state index in [9.17, 15) is 4.39 Å². The van der Waals surface area contributed by atoms with Crippen LogP contribution in [0.1, 0.15) is 73.4 Å². The van der Waals surface area contributed by atoms with Crippen molar-refractivity contribution in [3.05, 3.63) is 139 Å². The Morgan fingerprint density at radius 3 is 2.02 bits per heavy atom. The lowest BCUT2D eigenvalue weighted by atomic mass is 9.94. The molecule has 0 radical (unpaired) electrons. The number of aromatic nitrogens is 11. The van der Waals surface area contributed by atoms with Gasteiger partial charge in [0.2, 0.25) is 5.95 Å². The van der Waals surface area contributed by atoms with E-state index >= 15 is 0 Å². The number of halogens is 1. The summed E-state index contributed by atoms with van der Waals surface area (Å²) in [4.78, 5) is 40.1. The predicted octanol–water partition coefficient (Wildman–Crippen LogP) is 9.49. The number of pyridine rings is 3. The number of fused-ring (bicyclic) bond motifs is 3. The first-order chi connectivity index (χ1) is 31.5. The smallest absolute Gasteiger partial charge is 0.222 e. The van der Waals surface area contributed by atoms with E-state index in [0.29, 0.717) is 28.8 Å². The fourth-order valence-corrected chi connectivity index (χ4v) is 8.51. The van der Waals surface area contributed by atoms with Crippen LogP contribution in [0.3, 0.4) is 0 Å². The van der Waals surface area contributed by atoms with Crippen LogP contribution in [0, 0.1) is 25.2 Å². The molecule has 7 aromatic heterocycles. The number of terminal acetylenes is 1. The van der Waals surface area contributed by atoms with E-state index < -0.39 is 5.95 Å². The molecule has 15 heteroatoms. The minimum atomic E-state index is -0.564. The van der Waals surface area contributed by atoms with E-state index in [0.717, 1.165) is 108 Å². The standard InChI is InChI=1S/C34H29N7O.C15H14FN5O/c1-3-23-8-6-9-24(18-23)40-33-26-13-12-22(2)28(25(26)14-16-36-33)19-29-27(10-7-15-35-29)31-32-34(38-20-37-31)41(21-39-32)30-11-4-5-17-42-30;16-14-10(4-3-6-17-14)12-13-15(19-8-18-12)21(9-20-13)11-5-1-2-7-22-11/h1,6-10,12-16,18,20-21,30H,4-5,11,17,19H2,2H3,(H,36,40);3-4,6,8-9,11H,1-2,5,7H2. The van der Waals surface area contributed by atoms with Crippen LogP contribution in [0.5, 0.6) is 0 Å². The number of nitrogens with one attached hydrogen (secondary N) is 1. The van der Waals surface area contributed by atoms with Gasteiger partial charge in [-0.1, -0.05) is 24.1 Å². The van der Waals surface area contributed by atoms with Gasteiger partial charge in [0, 0.05) is 60.4 Å². The van der Waals surface area contributed by atoms with Crippen molar-refractivity contribution in [3.63, 3.8) is 0 Å². The third-order valence-corrected chi connectivity index (χ3v) is 11.7. The predicted molar refractivity (Wildman–Crippen MR) is 242 cm³/mol. The van der Waals surface area contributed by atoms with Crippen LogP contribution < -0.4 is 5.32 Å². The van der Waals surface area contributed by atoms with E-state index in [-0.39, 0.29) is 12.5 Å². The number of hydrogen-bond acceptors (Lipinski definition) is 12. The molecule has 0 spiro atoms. The molecule has 11 rings (SSSR count). The molecule has 9 heterocycles. The molecule has 318 valence electrons. The lowest BCUT2D eigenvalue weighted by Gasteiger charge is -2.23. The maximum absolute atomic E-state index is 13.9. The van der Waals surface area contributed by atoms with Gasteiger partial charge in [-0.25, -0.2) is 39.9 Å². The van der Waals surface area contributed by atoms with Crippen LogP contribution in [-0.2, 0) is 15.9 Å². The van der Waals surface area contributed by atoms with Crippen LogP contribution in [0.25, 0.3) is 55.6 Å². The molecule has 2 atom stereocenters. The fraction of sp³-hybridized carbons (Fsp3) is 0.245. The highest BCUT2D eigenvalue weighted by atomic mass is 19.1. The molecule has 14 nitrogen and oxygen atoms in total. The van der Waals surface area contributed by atoms with Gasteiger partial charge in [-0.3, -0.25) is 14.1 Å². The molecule has 1 N–H and O–H groups in total. The number of ether oxygens (including phenoxy) is 2. The molecular weight excluding hydrogens is 808 g/mol. The first kappa shape index (κ1) is 40.5. The molecule has 0 amide bonds. The molecule has 0 bridgehead atoms. The van der Waals surface area contributed by atoms with Crippen molar-refractivity contribution in [2.45, 2.75) is 64.3 Å². The Morgan fingerprint density at radius 2 is 1.36 bits per heavy atom. The summed E-state index contributed by atoms with van der Waals surface area (Å²) in [6.45, 7) is 3.62. The van der Waals surface area contributed by atoms with Crippen molar-refractivity contribution in [1.82, 2.24) is 54.0 Å². The van der Waals surface area contributed by atoms with Crippen LogP contribution in [0.2, 0.25) is 0 Å². The fourth-order valence-electron chi connectivity index (χ4n) is 8.51. The van der Waals surface area contributed by atoms with Gasteiger partial charge in [-0.2, -0.15) is 4.39 Å². The van der Waals surface area contributed by atoms with Crippen molar-refractivity contribution < 1.29 is 13.9 Å². The lowest BCUT2D eigenvalue weighted by Crippen LogP contribution is -2.17. The van der Waals surface area contributed by atoms with E-state index in [1.165, 1.54) is 23.7 Å². The van der Waals surface area contributed by atoms with Gasteiger partial charge in [0.25, 0.3) is 0 Å². The van der Waals surface area contributed by atoms with Gasteiger partial charge in [0.05, 0.1) is 23.9 Å². The Kier molecular flexibility index (Phi) is 11.4. The van der Waals surface area contributed by atoms with Gasteiger partial charge >= 0.3 is 0 Å². The second-order valence-electron chi connectivity index (χ2n) is 15.7. The molecule has 0 saturated carbocycles. The summed E-state index contributed by atoms with van der Waals surface area (Å²) in [5.74, 6) is 2.90. The highest BCUT2D eigenvalue weighted by Crippen LogP contribution is 2.35. The molecule has 9 aromatic rings. The highest BCUT2D eigenvalue weighted by Gasteiger charge is 2.24. The van der Waals surface area contributed by atoms with Crippen LogP contribution in [-0.4, -0.2) is 67.2 Å². The quantitative estimate of drug-likeness (QED) is 0.114. The van der Waals surface area contributed by atoms with E-state index in [2.05, 4.69) is 72.3 Å². The Labute approximate surface area is 368 Å². The summed E-state index contributed by atoms with van der Waals surface area (Å²) in [6, 6.07) is 21.4. The van der Waals surface area contributed by atoms with Gasteiger partial charge in [0.15, 0.2) is 11.3 Å². The topological polar surface area (TPSA) is 156 Å². The monoisotopic (exact) mass is 850 g/mol. The van der Waals surface area contributed by atoms with Crippen LogP contribution in [0.15, 0.2) is 111 Å². The van der Waals surface area contributed by atoms with Gasteiger partial charge in [-0.15, -0.1) is 6.42 Å². The van der Waals surface area contributed by atoms with Crippen molar-refractivity contribution in [3.8, 4) is 34.9 Å². The SMILES string of the molecule is C#Cc1cccc(Nc2nccc3c(Cc4ncccc4-c4ncnc5c4ncn5C4CCCCO4)c(C)ccc23)c1.Fc1ncccc1-c1ncnc2c1ncn2C1CCCCO1. The molecule has 2 aliphatic heterocycles. The molecule has 0 aliphatic carbocycles. The first-order valence-corrected chi connectivity index (χ1v) is 21.4. The lowest BCUT2D eigenvalue weighted by molar-refractivity contribution is -0.0299. The summed E-state index contributed by atoms with van der Waals surface area (Å²) in [5, 5.41) is 5.60. The van der Waals surface area contributed by atoms with Crippen molar-refractivity contribution >= 4 is 44.6 Å². The van der Waals surface area contributed by atoms with Crippen LogP contribution in [0.4, 0.5) is 15.9 Å². The van der Waals surface area contributed by atoms with Gasteiger partial charge in [0.1, 0.15) is 53.3 Å². The minimum Gasteiger partial charge on any atom is -0.358 e. The number of rotatable bonds is 8. The Bertz CT molecular complexity index is 3170. The summed E-state index contributed by atoms with van der Waals surface area (Å²) in [6.07, 6.45) is 24.0. The number of anilines is 2. The van der Waals surface area contributed by atoms with E-state index in [1.54, 1.807) is 24.8 Å². The minimum absolute atomic E-state index is 0.0522. The largest absolute Gasteiger partial charge is 0.358 e. The summed E-state index contributed by atoms with van der Waals surface area (Å²) >= 11 is 0. The van der Waals surface area contributed by atoms with Crippen molar-refractivity contribution in [2.24, 2.45) is 0 Å². The molecule has 64 heavy (non-hydrogen) atoms. The molecule has 2 saturated heterocycles. The summed E-state index contributed by atoms with van der Waals surface area (Å²) in [7, 11) is 0. The highest BCUT2D eigenvalue weighted by molar-refractivity contribution is 5.96. The Hall–Kier alpha value is -7.54. The van der Waals surface area contributed by atoms with Crippen molar-refractivity contribution in [2.75, 3.05) is 18.5 Å². The number of aryl methyl sites for hydroxylation is 1. The zero-order valence-electron chi connectivity index (χ0n) is 35.1. The third-order valence-electron chi connectivity index (χ3n) is 11.7. The maximum Gasteiger partial charge on any atom is 0.222 e.